The molecule has 0 aromatic heterocycles. The van der Waals surface area contributed by atoms with Crippen molar-refractivity contribution in [2.75, 3.05) is 22.1 Å². The van der Waals surface area contributed by atoms with Crippen molar-refractivity contribution in [3.63, 3.8) is 0 Å². The highest BCUT2D eigenvalue weighted by Gasteiger charge is 2.60. The molecular weight excluding hydrogens is 396 g/mol. The number of benzene rings is 2. The van der Waals surface area contributed by atoms with Crippen molar-refractivity contribution >= 4 is 40.7 Å². The lowest BCUT2D eigenvalue weighted by atomic mass is 9.95. The van der Waals surface area contributed by atoms with Crippen LogP contribution in [0.1, 0.15) is 43.5 Å². The predicted molar refractivity (Wildman–Crippen MR) is 117 cm³/mol. The molecule has 1 unspecified atom stereocenters. The lowest BCUT2D eigenvalue weighted by Crippen LogP contribution is -2.69. The van der Waals surface area contributed by atoms with Gasteiger partial charge in [-0.25, -0.2) is 0 Å². The van der Waals surface area contributed by atoms with Crippen LogP contribution < -0.4 is 15.5 Å². The summed E-state index contributed by atoms with van der Waals surface area (Å²) < 4.78 is 0. The van der Waals surface area contributed by atoms with E-state index in [-0.39, 0.29) is 30.6 Å². The van der Waals surface area contributed by atoms with Crippen LogP contribution in [0.2, 0.25) is 0 Å². The number of nitrogens with one attached hydrogen (secondary N) is 2. The molecule has 0 spiro atoms. The van der Waals surface area contributed by atoms with Gasteiger partial charge < -0.3 is 15.5 Å². The lowest BCUT2D eigenvalue weighted by molar-refractivity contribution is -0.128. The highest BCUT2D eigenvalue weighted by Crippen LogP contribution is 2.45. The maximum Gasteiger partial charge on any atom is 0.271 e. The normalized spacial score (nSPS) is 19.7. The van der Waals surface area contributed by atoms with Gasteiger partial charge in [0.25, 0.3) is 11.8 Å². The molecule has 8 heteroatoms. The van der Waals surface area contributed by atoms with Gasteiger partial charge in [-0.2, -0.15) is 0 Å². The molecular formula is C23H24N4O4. The molecule has 1 saturated heterocycles. The number of nitrogens with zero attached hydrogens (tertiary/aromatic N) is 2. The van der Waals surface area contributed by atoms with Crippen LogP contribution in [-0.4, -0.2) is 40.7 Å². The molecule has 2 N–H and O–H groups in total. The van der Waals surface area contributed by atoms with Crippen molar-refractivity contribution in [1.29, 1.82) is 0 Å². The SMILES string of the molecule is CCCN1C(=O)c2ccccc2N2C(=O)CCC12C(=O)Nc1ccc(NC(C)=O)cc1. The first-order valence-electron chi connectivity index (χ1n) is 10.3. The van der Waals surface area contributed by atoms with E-state index in [1.54, 1.807) is 48.5 Å². The van der Waals surface area contributed by atoms with E-state index in [2.05, 4.69) is 10.6 Å². The molecule has 160 valence electrons. The number of carbonyl (C=O) groups excluding carboxylic acids is 4. The average Bonchev–Trinajstić information content (AvgIpc) is 3.10. The van der Waals surface area contributed by atoms with Gasteiger partial charge in [-0.05, 0) is 42.8 Å². The Morgan fingerprint density at radius 3 is 2.29 bits per heavy atom. The summed E-state index contributed by atoms with van der Waals surface area (Å²) in [5, 5.41) is 5.55. The second-order valence-electron chi connectivity index (χ2n) is 7.73. The summed E-state index contributed by atoms with van der Waals surface area (Å²) in [5.74, 6) is -1.05. The Labute approximate surface area is 180 Å². The molecule has 1 atom stereocenters. The van der Waals surface area contributed by atoms with Crippen LogP contribution in [0.3, 0.4) is 0 Å². The molecule has 4 rings (SSSR count). The van der Waals surface area contributed by atoms with Crippen LogP contribution in [0.15, 0.2) is 48.5 Å². The summed E-state index contributed by atoms with van der Waals surface area (Å²) in [6.07, 6.45) is 1.05. The topological polar surface area (TPSA) is 98.8 Å². The molecule has 2 aromatic carbocycles. The Morgan fingerprint density at radius 1 is 1.00 bits per heavy atom. The van der Waals surface area contributed by atoms with Gasteiger partial charge >= 0.3 is 0 Å². The highest BCUT2D eigenvalue weighted by molar-refractivity contribution is 6.18. The van der Waals surface area contributed by atoms with Crippen molar-refractivity contribution in [2.45, 2.75) is 38.8 Å². The zero-order chi connectivity index (χ0) is 22.2. The first-order valence-corrected chi connectivity index (χ1v) is 10.3. The van der Waals surface area contributed by atoms with Gasteiger partial charge in [0.05, 0.1) is 11.3 Å². The number of para-hydroxylation sites is 1. The summed E-state index contributed by atoms with van der Waals surface area (Å²) in [5.41, 5.74) is 0.605. The van der Waals surface area contributed by atoms with E-state index >= 15 is 0 Å². The molecule has 0 radical (unpaired) electrons. The van der Waals surface area contributed by atoms with Gasteiger partial charge in [0.15, 0.2) is 0 Å². The average molecular weight is 420 g/mol. The van der Waals surface area contributed by atoms with E-state index in [1.165, 1.54) is 16.7 Å². The summed E-state index contributed by atoms with van der Waals surface area (Å²) in [7, 11) is 0. The van der Waals surface area contributed by atoms with E-state index in [0.717, 1.165) is 0 Å². The monoisotopic (exact) mass is 420 g/mol. The van der Waals surface area contributed by atoms with E-state index in [0.29, 0.717) is 35.6 Å². The van der Waals surface area contributed by atoms with Crippen LogP contribution in [-0.2, 0) is 14.4 Å². The largest absolute Gasteiger partial charge is 0.326 e. The molecule has 31 heavy (non-hydrogen) atoms. The van der Waals surface area contributed by atoms with Crippen molar-refractivity contribution in [2.24, 2.45) is 0 Å². The van der Waals surface area contributed by atoms with E-state index in [9.17, 15) is 19.2 Å². The molecule has 8 nitrogen and oxygen atoms in total. The fraction of sp³-hybridized carbons (Fsp3) is 0.304. The third-order valence-corrected chi connectivity index (χ3v) is 5.65. The number of amides is 4. The third-order valence-electron chi connectivity index (χ3n) is 5.65. The fourth-order valence-electron chi connectivity index (χ4n) is 4.38. The molecule has 1 fully saturated rings. The van der Waals surface area contributed by atoms with E-state index < -0.39 is 11.6 Å². The molecule has 0 aliphatic carbocycles. The van der Waals surface area contributed by atoms with Crippen LogP contribution in [0.25, 0.3) is 0 Å². The number of fused-ring (bicyclic) bond motifs is 3. The minimum atomic E-state index is -1.41. The smallest absolute Gasteiger partial charge is 0.271 e. The van der Waals surface area contributed by atoms with Crippen molar-refractivity contribution in [3.05, 3.63) is 54.1 Å². The first kappa shape index (κ1) is 20.6. The molecule has 2 aliphatic rings. The second-order valence-corrected chi connectivity index (χ2v) is 7.73. The van der Waals surface area contributed by atoms with Crippen LogP contribution in [0.5, 0.6) is 0 Å². The standard InChI is InChI=1S/C23H24N4O4/c1-3-14-26-21(30)18-6-4-5-7-19(18)27-20(29)12-13-23(26,27)22(31)25-17-10-8-16(9-11-17)24-15(2)28/h4-11H,3,12-14H2,1-2H3,(H,24,28)(H,25,31). The minimum absolute atomic E-state index is 0.177. The van der Waals surface area contributed by atoms with Gasteiger partial charge in [0.1, 0.15) is 0 Å². The quantitative estimate of drug-likeness (QED) is 0.777. The summed E-state index contributed by atoms with van der Waals surface area (Å²) >= 11 is 0. The highest BCUT2D eigenvalue weighted by atomic mass is 16.2. The number of carbonyl (C=O) groups is 4. The molecule has 2 aliphatic heterocycles. The van der Waals surface area contributed by atoms with Gasteiger partial charge in [-0.1, -0.05) is 19.1 Å². The van der Waals surface area contributed by atoms with E-state index in [4.69, 9.17) is 0 Å². The van der Waals surface area contributed by atoms with Crippen LogP contribution in [0.4, 0.5) is 17.1 Å². The third kappa shape index (κ3) is 3.34. The Kier molecular flexibility index (Phi) is 5.22. The number of anilines is 3. The zero-order valence-electron chi connectivity index (χ0n) is 17.5. The molecule has 2 aromatic rings. The minimum Gasteiger partial charge on any atom is -0.326 e. The zero-order valence-corrected chi connectivity index (χ0v) is 17.5. The Balaban J connectivity index is 1.73. The maximum atomic E-state index is 13.7. The Morgan fingerprint density at radius 2 is 1.65 bits per heavy atom. The van der Waals surface area contributed by atoms with Crippen molar-refractivity contribution in [3.8, 4) is 0 Å². The van der Waals surface area contributed by atoms with Crippen LogP contribution >= 0.6 is 0 Å². The van der Waals surface area contributed by atoms with Crippen LogP contribution in [0, 0.1) is 0 Å². The molecule has 0 saturated carbocycles. The van der Waals surface area contributed by atoms with Gasteiger partial charge in [0.2, 0.25) is 17.5 Å². The van der Waals surface area contributed by atoms with Crippen molar-refractivity contribution < 1.29 is 19.2 Å². The molecule has 0 bridgehead atoms. The second kappa shape index (κ2) is 7.86. The summed E-state index contributed by atoms with van der Waals surface area (Å²) in [6, 6.07) is 13.6. The first-order chi connectivity index (χ1) is 14.9. The number of rotatable bonds is 5. The van der Waals surface area contributed by atoms with Gasteiger partial charge in [-0.15, -0.1) is 0 Å². The molecule has 4 amide bonds. The number of hydrogen-bond acceptors (Lipinski definition) is 4. The number of hydrogen-bond donors (Lipinski definition) is 2. The predicted octanol–water partition coefficient (Wildman–Crippen LogP) is 2.97. The van der Waals surface area contributed by atoms with Gasteiger partial charge in [-0.3, -0.25) is 24.1 Å². The maximum absolute atomic E-state index is 13.7. The Hall–Kier alpha value is -3.68. The fourth-order valence-corrected chi connectivity index (χ4v) is 4.38. The van der Waals surface area contributed by atoms with Gasteiger partial charge in [0, 0.05) is 37.7 Å². The molecule has 2 heterocycles. The van der Waals surface area contributed by atoms with E-state index in [1.807, 2.05) is 6.92 Å². The Bertz CT molecular complexity index is 1070. The summed E-state index contributed by atoms with van der Waals surface area (Å²) in [6.45, 7) is 3.70. The summed E-state index contributed by atoms with van der Waals surface area (Å²) in [4.78, 5) is 54.1. The lowest BCUT2D eigenvalue weighted by Gasteiger charge is -2.49. The van der Waals surface area contributed by atoms with Crippen molar-refractivity contribution in [1.82, 2.24) is 4.90 Å².